The van der Waals surface area contributed by atoms with E-state index in [9.17, 15) is 13.0 Å². The third kappa shape index (κ3) is 4.31. The molecule has 0 bridgehead atoms. The van der Waals surface area contributed by atoms with E-state index in [0.29, 0.717) is 0 Å². The Balaban J connectivity index is 0.00000256. The average molecular weight is 441 g/mol. The van der Waals surface area contributed by atoms with Crippen LogP contribution in [-0.2, 0) is 10.1 Å². The van der Waals surface area contributed by atoms with Crippen LogP contribution in [-0.4, -0.2) is 13.0 Å². The van der Waals surface area contributed by atoms with Crippen molar-refractivity contribution in [1.82, 2.24) is 0 Å². The zero-order chi connectivity index (χ0) is 20.3. The van der Waals surface area contributed by atoms with Gasteiger partial charge in [0.15, 0.2) is 0 Å². The number of rotatable bonds is 5. The molecule has 30 heavy (non-hydrogen) atoms. The molecular weight excluding hydrogens is 422 g/mol. The van der Waals surface area contributed by atoms with Crippen LogP contribution in [0.2, 0.25) is 0 Å². The second-order valence-corrected chi connectivity index (χ2v) is 11.4. The summed E-state index contributed by atoms with van der Waals surface area (Å²) < 4.78 is 35.3. The van der Waals surface area contributed by atoms with Crippen molar-refractivity contribution < 1.29 is 42.5 Å². The predicted molar refractivity (Wildman–Crippen MR) is 119 cm³/mol. The van der Waals surface area contributed by atoms with Crippen LogP contribution in [0.3, 0.4) is 0 Å². The van der Waals surface area contributed by atoms with E-state index >= 15 is 0 Å². The third-order valence-electron chi connectivity index (χ3n) is 4.92. The molecule has 4 rings (SSSR count). The van der Waals surface area contributed by atoms with Crippen molar-refractivity contribution in [2.24, 2.45) is 0 Å². The standard InChI is InChI=1S/C24H19O3PS.Na/c25-29(26,27)24-18-10-17-23(19-24)28(20-11-4-1-5-12-20,21-13-6-2-7-14-21)22-15-8-3-9-16-22;/h1-19H;/q;+1. The van der Waals surface area contributed by atoms with Gasteiger partial charge < -0.3 is 4.55 Å². The van der Waals surface area contributed by atoms with E-state index in [2.05, 4.69) is 36.4 Å². The summed E-state index contributed by atoms with van der Waals surface area (Å²) in [5.74, 6) is 0. The molecule has 0 fully saturated rings. The molecule has 6 heteroatoms. The first-order valence-corrected chi connectivity index (χ1v) is 12.3. The molecule has 4 aromatic rings. The van der Waals surface area contributed by atoms with Gasteiger partial charge in [0.05, 0.1) is 4.90 Å². The van der Waals surface area contributed by atoms with Gasteiger partial charge in [0, 0.05) is 0 Å². The van der Waals surface area contributed by atoms with Gasteiger partial charge in [0.1, 0.15) is 38.6 Å². The Bertz CT molecular complexity index is 1120. The minimum atomic E-state index is -4.56. The summed E-state index contributed by atoms with van der Waals surface area (Å²) in [6.07, 6.45) is 0. The average Bonchev–Trinajstić information content (AvgIpc) is 2.76. The summed E-state index contributed by atoms with van der Waals surface area (Å²) in [4.78, 5) is -0.206. The van der Waals surface area contributed by atoms with Gasteiger partial charge in [0.25, 0.3) is 0 Å². The SMILES string of the molecule is O=S(=O)([O-])c1cccc([P+](c2ccccc2)(c2ccccc2)c2ccccc2)c1.[Na+]. The van der Waals surface area contributed by atoms with E-state index in [4.69, 9.17) is 0 Å². The van der Waals surface area contributed by atoms with Gasteiger partial charge in [-0.05, 0) is 54.6 Å². The molecule has 0 saturated heterocycles. The smallest absolute Gasteiger partial charge is 0.744 e. The quantitative estimate of drug-likeness (QED) is 0.253. The first-order chi connectivity index (χ1) is 14.0. The molecule has 0 aliphatic rings. The summed E-state index contributed by atoms with van der Waals surface area (Å²) in [6.45, 7) is 0. The van der Waals surface area contributed by atoms with Gasteiger partial charge in [-0.2, -0.15) is 0 Å². The Labute approximate surface area is 200 Å². The molecule has 0 aliphatic carbocycles. The summed E-state index contributed by atoms with van der Waals surface area (Å²) >= 11 is 0. The van der Waals surface area contributed by atoms with E-state index in [1.807, 2.05) is 60.7 Å². The molecule has 0 atom stereocenters. The summed E-state index contributed by atoms with van der Waals surface area (Å²) in [5.41, 5.74) is 0. The molecule has 0 amide bonds. The van der Waals surface area contributed by atoms with Crippen molar-refractivity contribution in [3.63, 3.8) is 0 Å². The van der Waals surface area contributed by atoms with E-state index in [-0.39, 0.29) is 34.5 Å². The zero-order valence-electron chi connectivity index (χ0n) is 16.5. The Kier molecular flexibility index (Phi) is 7.30. The Hall–Kier alpha value is -1.78. The molecule has 0 aromatic heterocycles. The maximum Gasteiger partial charge on any atom is 1.00 e. The minimum Gasteiger partial charge on any atom is -0.744 e. The second-order valence-electron chi connectivity index (χ2n) is 6.63. The van der Waals surface area contributed by atoms with Crippen LogP contribution in [0.25, 0.3) is 0 Å². The fourth-order valence-corrected chi connectivity index (χ4v) is 8.59. The largest absolute Gasteiger partial charge is 1.00 e. The van der Waals surface area contributed by atoms with Gasteiger partial charge in [0.2, 0.25) is 0 Å². The Morgan fingerprint density at radius 1 is 0.533 bits per heavy atom. The summed E-state index contributed by atoms with van der Waals surface area (Å²) in [6, 6.07) is 36.8. The van der Waals surface area contributed by atoms with Crippen LogP contribution in [0, 0.1) is 0 Å². The Morgan fingerprint density at radius 2 is 0.900 bits per heavy atom. The van der Waals surface area contributed by atoms with Gasteiger partial charge in [-0.1, -0.05) is 60.7 Å². The second kappa shape index (κ2) is 9.57. The van der Waals surface area contributed by atoms with E-state index in [1.165, 1.54) is 6.07 Å². The predicted octanol–water partition coefficient (Wildman–Crippen LogP) is 0.214. The molecule has 0 N–H and O–H groups in total. The molecular formula is C24H19NaO3PS+. The van der Waals surface area contributed by atoms with E-state index in [0.717, 1.165) is 21.2 Å². The maximum atomic E-state index is 11.8. The fourth-order valence-electron chi connectivity index (χ4n) is 3.70. The number of hydrogen-bond donors (Lipinski definition) is 0. The molecule has 0 saturated carbocycles. The first kappa shape index (κ1) is 22.9. The summed E-state index contributed by atoms with van der Waals surface area (Å²) in [7, 11) is -6.97. The zero-order valence-corrected chi connectivity index (χ0v) is 20.3. The van der Waals surface area contributed by atoms with Crippen molar-refractivity contribution >= 4 is 38.6 Å². The monoisotopic (exact) mass is 441 g/mol. The van der Waals surface area contributed by atoms with Crippen molar-refractivity contribution in [1.29, 1.82) is 0 Å². The third-order valence-corrected chi connectivity index (χ3v) is 10.0. The van der Waals surface area contributed by atoms with E-state index in [1.54, 1.807) is 12.1 Å². The molecule has 3 nitrogen and oxygen atoms in total. The molecule has 144 valence electrons. The van der Waals surface area contributed by atoms with Gasteiger partial charge >= 0.3 is 29.6 Å². The van der Waals surface area contributed by atoms with Crippen LogP contribution in [0.1, 0.15) is 0 Å². The molecule has 0 heterocycles. The molecule has 0 radical (unpaired) electrons. The fraction of sp³-hybridized carbons (Fsp3) is 0. The maximum absolute atomic E-state index is 11.8. The van der Waals surface area contributed by atoms with Gasteiger partial charge in [-0.25, -0.2) is 8.42 Å². The van der Waals surface area contributed by atoms with Crippen molar-refractivity contribution in [3.8, 4) is 0 Å². The molecule has 4 aromatic carbocycles. The molecule has 0 aliphatic heterocycles. The first-order valence-electron chi connectivity index (χ1n) is 9.15. The van der Waals surface area contributed by atoms with Crippen LogP contribution >= 0.6 is 7.26 Å². The van der Waals surface area contributed by atoms with Crippen LogP contribution in [0.15, 0.2) is 120 Å². The number of hydrogen-bond acceptors (Lipinski definition) is 3. The van der Waals surface area contributed by atoms with Gasteiger partial charge in [-0.15, -0.1) is 0 Å². The molecule has 0 unspecified atom stereocenters. The normalized spacial score (nSPS) is 11.5. The van der Waals surface area contributed by atoms with Gasteiger partial charge in [-0.3, -0.25) is 0 Å². The van der Waals surface area contributed by atoms with Crippen LogP contribution in [0.4, 0.5) is 0 Å². The van der Waals surface area contributed by atoms with E-state index < -0.39 is 17.4 Å². The number of benzene rings is 4. The minimum absolute atomic E-state index is 0. The van der Waals surface area contributed by atoms with Crippen LogP contribution < -0.4 is 50.8 Å². The molecule has 0 spiro atoms. The van der Waals surface area contributed by atoms with Crippen LogP contribution in [0.5, 0.6) is 0 Å². The van der Waals surface area contributed by atoms with Crippen molar-refractivity contribution in [2.75, 3.05) is 0 Å². The summed E-state index contributed by atoms with van der Waals surface area (Å²) in [5, 5.41) is 4.12. The van der Waals surface area contributed by atoms with Crippen molar-refractivity contribution in [2.45, 2.75) is 4.90 Å². The Morgan fingerprint density at radius 3 is 1.27 bits per heavy atom. The van der Waals surface area contributed by atoms with Crippen molar-refractivity contribution in [3.05, 3.63) is 115 Å². The topological polar surface area (TPSA) is 57.2 Å².